The number of sulfonamides is 1. The number of hydrogen-bond acceptors (Lipinski definition) is 3. The maximum absolute atomic E-state index is 11.1. The molecule has 1 aromatic carbocycles. The Balaban J connectivity index is 2.33. The standard InChI is InChI=1S/C11H13NO3S/c1-8(12-16(2,13)14)11-7-9-5-3-4-6-10(9)15-11/h3-8,12H,1-2H3/t8-/m1/s1. The third-order valence-corrected chi connectivity index (χ3v) is 3.04. The third kappa shape index (κ3) is 2.43. The first-order valence-corrected chi connectivity index (χ1v) is 6.80. The van der Waals surface area contributed by atoms with Gasteiger partial charge in [0.15, 0.2) is 0 Å². The van der Waals surface area contributed by atoms with Crippen LogP contribution >= 0.6 is 0 Å². The first-order chi connectivity index (χ1) is 7.46. The van der Waals surface area contributed by atoms with Crippen LogP contribution < -0.4 is 4.72 Å². The van der Waals surface area contributed by atoms with Gasteiger partial charge in [-0.25, -0.2) is 13.1 Å². The summed E-state index contributed by atoms with van der Waals surface area (Å²) in [5, 5.41) is 0.972. The van der Waals surface area contributed by atoms with Gasteiger partial charge in [-0.15, -0.1) is 0 Å². The Morgan fingerprint density at radius 3 is 2.62 bits per heavy atom. The number of benzene rings is 1. The fraction of sp³-hybridized carbons (Fsp3) is 0.273. The van der Waals surface area contributed by atoms with Gasteiger partial charge in [-0.1, -0.05) is 18.2 Å². The second-order valence-corrected chi connectivity index (χ2v) is 5.58. The van der Waals surface area contributed by atoms with E-state index in [1.807, 2.05) is 30.3 Å². The van der Waals surface area contributed by atoms with Crippen LogP contribution in [-0.2, 0) is 10.0 Å². The smallest absolute Gasteiger partial charge is 0.209 e. The molecule has 0 saturated carbocycles. The Labute approximate surface area is 94.3 Å². The minimum Gasteiger partial charge on any atom is -0.459 e. The molecule has 0 aliphatic rings. The highest BCUT2D eigenvalue weighted by molar-refractivity contribution is 7.88. The van der Waals surface area contributed by atoms with Crippen molar-refractivity contribution < 1.29 is 12.8 Å². The van der Waals surface area contributed by atoms with Crippen molar-refractivity contribution in [3.8, 4) is 0 Å². The first kappa shape index (κ1) is 11.2. The lowest BCUT2D eigenvalue weighted by molar-refractivity contribution is 0.486. The number of nitrogens with one attached hydrogen (secondary N) is 1. The molecule has 0 aliphatic carbocycles. The van der Waals surface area contributed by atoms with E-state index in [0.29, 0.717) is 5.76 Å². The second kappa shape index (κ2) is 3.92. The van der Waals surface area contributed by atoms with Crippen LogP contribution in [0.2, 0.25) is 0 Å². The van der Waals surface area contributed by atoms with Crippen LogP contribution in [0.3, 0.4) is 0 Å². The van der Waals surface area contributed by atoms with Crippen LogP contribution in [0, 0.1) is 0 Å². The monoisotopic (exact) mass is 239 g/mol. The Morgan fingerprint density at radius 2 is 2.00 bits per heavy atom. The molecule has 1 heterocycles. The molecule has 2 aromatic rings. The lowest BCUT2D eigenvalue weighted by Crippen LogP contribution is -2.24. The zero-order chi connectivity index (χ0) is 11.8. The lowest BCUT2D eigenvalue weighted by atomic mass is 10.2. The first-order valence-electron chi connectivity index (χ1n) is 4.91. The van der Waals surface area contributed by atoms with E-state index < -0.39 is 10.0 Å². The minimum atomic E-state index is -3.22. The molecule has 0 radical (unpaired) electrons. The molecule has 5 heteroatoms. The number of fused-ring (bicyclic) bond motifs is 1. The molecule has 16 heavy (non-hydrogen) atoms. The van der Waals surface area contributed by atoms with Crippen molar-refractivity contribution in [3.05, 3.63) is 36.1 Å². The average molecular weight is 239 g/mol. The SMILES string of the molecule is C[C@@H](NS(C)(=O)=O)c1cc2ccccc2o1. The van der Waals surface area contributed by atoms with E-state index in [1.165, 1.54) is 0 Å². The van der Waals surface area contributed by atoms with E-state index in [1.54, 1.807) is 6.92 Å². The zero-order valence-corrected chi connectivity index (χ0v) is 9.91. The number of rotatable bonds is 3. The predicted molar refractivity (Wildman–Crippen MR) is 62.6 cm³/mol. The van der Waals surface area contributed by atoms with Crippen LogP contribution in [0.25, 0.3) is 11.0 Å². The highest BCUT2D eigenvalue weighted by Crippen LogP contribution is 2.23. The van der Waals surface area contributed by atoms with Gasteiger partial charge in [0.1, 0.15) is 11.3 Å². The molecule has 0 aliphatic heterocycles. The van der Waals surface area contributed by atoms with E-state index >= 15 is 0 Å². The Kier molecular flexibility index (Phi) is 2.73. The van der Waals surface area contributed by atoms with Crippen molar-refractivity contribution in [2.45, 2.75) is 13.0 Å². The number of para-hydroxylation sites is 1. The summed E-state index contributed by atoms with van der Waals surface area (Å²) in [6.45, 7) is 1.75. The average Bonchev–Trinajstić information content (AvgIpc) is 2.58. The van der Waals surface area contributed by atoms with Gasteiger partial charge in [-0.3, -0.25) is 0 Å². The molecule has 1 N–H and O–H groups in total. The van der Waals surface area contributed by atoms with Crippen molar-refractivity contribution in [3.63, 3.8) is 0 Å². The molecule has 4 nitrogen and oxygen atoms in total. The fourth-order valence-electron chi connectivity index (χ4n) is 1.59. The van der Waals surface area contributed by atoms with E-state index in [4.69, 9.17) is 4.42 Å². The molecule has 0 amide bonds. The van der Waals surface area contributed by atoms with Crippen molar-refractivity contribution in [2.24, 2.45) is 0 Å². The summed E-state index contributed by atoms with van der Waals surface area (Å²) in [5.74, 6) is 0.617. The largest absolute Gasteiger partial charge is 0.459 e. The number of hydrogen-bond donors (Lipinski definition) is 1. The Hall–Kier alpha value is -1.33. The summed E-state index contributed by atoms with van der Waals surface area (Å²) in [6.07, 6.45) is 1.13. The lowest BCUT2D eigenvalue weighted by Gasteiger charge is -2.08. The quantitative estimate of drug-likeness (QED) is 0.891. The molecule has 0 spiro atoms. The van der Waals surface area contributed by atoms with Gasteiger partial charge in [-0.2, -0.15) is 0 Å². The van der Waals surface area contributed by atoms with Crippen LogP contribution in [-0.4, -0.2) is 14.7 Å². The predicted octanol–water partition coefficient (Wildman–Crippen LogP) is 2.04. The van der Waals surface area contributed by atoms with Crippen LogP contribution in [0.4, 0.5) is 0 Å². The molecule has 1 atom stereocenters. The van der Waals surface area contributed by atoms with Gasteiger partial charge in [-0.05, 0) is 19.1 Å². The van der Waals surface area contributed by atoms with E-state index in [2.05, 4.69) is 4.72 Å². The van der Waals surface area contributed by atoms with Gasteiger partial charge in [0.25, 0.3) is 0 Å². The van der Waals surface area contributed by atoms with Crippen molar-refractivity contribution in [2.75, 3.05) is 6.26 Å². The van der Waals surface area contributed by atoms with Crippen molar-refractivity contribution >= 4 is 21.0 Å². The normalized spacial score (nSPS) is 14.1. The molecular weight excluding hydrogens is 226 g/mol. The Morgan fingerprint density at radius 1 is 1.31 bits per heavy atom. The van der Waals surface area contributed by atoms with Crippen molar-refractivity contribution in [1.29, 1.82) is 0 Å². The van der Waals surface area contributed by atoms with Gasteiger partial charge in [0.05, 0.1) is 12.3 Å². The van der Waals surface area contributed by atoms with Crippen LogP contribution in [0.1, 0.15) is 18.7 Å². The topological polar surface area (TPSA) is 59.3 Å². The zero-order valence-electron chi connectivity index (χ0n) is 9.10. The molecule has 0 bridgehead atoms. The summed E-state index contributed by atoms with van der Waals surface area (Å²) in [4.78, 5) is 0. The van der Waals surface area contributed by atoms with Gasteiger partial charge in [0, 0.05) is 5.39 Å². The van der Waals surface area contributed by atoms with Gasteiger partial charge >= 0.3 is 0 Å². The molecular formula is C11H13NO3S. The highest BCUT2D eigenvalue weighted by atomic mass is 32.2. The van der Waals surface area contributed by atoms with E-state index in [0.717, 1.165) is 17.2 Å². The van der Waals surface area contributed by atoms with E-state index in [9.17, 15) is 8.42 Å². The van der Waals surface area contributed by atoms with Gasteiger partial charge < -0.3 is 4.42 Å². The van der Waals surface area contributed by atoms with Crippen LogP contribution in [0.15, 0.2) is 34.7 Å². The molecule has 2 rings (SSSR count). The summed E-state index contributed by atoms with van der Waals surface area (Å²) in [7, 11) is -3.22. The van der Waals surface area contributed by atoms with E-state index in [-0.39, 0.29) is 6.04 Å². The summed E-state index contributed by atoms with van der Waals surface area (Å²) in [6, 6.07) is 9.06. The summed E-state index contributed by atoms with van der Waals surface area (Å²) < 4.78 is 30.2. The molecule has 0 fully saturated rings. The second-order valence-electron chi connectivity index (χ2n) is 3.80. The maximum Gasteiger partial charge on any atom is 0.209 e. The van der Waals surface area contributed by atoms with Gasteiger partial charge in [0.2, 0.25) is 10.0 Å². The highest BCUT2D eigenvalue weighted by Gasteiger charge is 2.14. The summed E-state index contributed by atoms with van der Waals surface area (Å²) >= 11 is 0. The Bertz CT molecular complexity index is 567. The molecule has 0 unspecified atom stereocenters. The molecule has 0 saturated heterocycles. The maximum atomic E-state index is 11.1. The van der Waals surface area contributed by atoms with Crippen molar-refractivity contribution in [1.82, 2.24) is 4.72 Å². The minimum absolute atomic E-state index is 0.359. The third-order valence-electron chi connectivity index (χ3n) is 2.26. The molecule has 86 valence electrons. The fourth-order valence-corrected chi connectivity index (χ4v) is 2.35. The van der Waals surface area contributed by atoms with Crippen LogP contribution in [0.5, 0.6) is 0 Å². The molecule has 1 aromatic heterocycles. The number of furan rings is 1. The summed E-state index contributed by atoms with van der Waals surface area (Å²) in [5.41, 5.74) is 0.764.